The van der Waals surface area contributed by atoms with Gasteiger partial charge in [-0.2, -0.15) is 24.4 Å². The van der Waals surface area contributed by atoms with Gasteiger partial charge >= 0.3 is 14.5 Å². The van der Waals surface area contributed by atoms with Crippen LogP contribution in [0.1, 0.15) is 20.3 Å². The van der Waals surface area contributed by atoms with Gasteiger partial charge < -0.3 is 19.3 Å². The van der Waals surface area contributed by atoms with E-state index in [0.717, 1.165) is 5.75 Å². The van der Waals surface area contributed by atoms with Crippen molar-refractivity contribution in [2.24, 2.45) is 5.73 Å². The van der Waals surface area contributed by atoms with Crippen LogP contribution in [0.2, 0.25) is 0 Å². The summed E-state index contributed by atoms with van der Waals surface area (Å²) in [7, 11) is -2.92. The number of thioether (sulfide) groups is 1. The second-order valence-electron chi connectivity index (χ2n) is 4.15. The normalized spacial score (nSPS) is 36.5. The topological polar surface area (TPSA) is 70.8 Å². The molecule has 3 atom stereocenters. The van der Waals surface area contributed by atoms with E-state index in [4.69, 9.17) is 19.3 Å². The predicted octanol–water partition coefficient (Wildman–Crippen LogP) is 0.843. The molecule has 0 amide bonds. The second kappa shape index (κ2) is 6.62. The van der Waals surface area contributed by atoms with Crippen molar-refractivity contribution >= 4 is 38.9 Å². The molecule has 1 aliphatic heterocycles. The molecule has 0 radical (unpaired) electrons. The Hall–Kier alpha value is 0.267. The minimum absolute atomic E-state index is 0.338. The van der Waals surface area contributed by atoms with Gasteiger partial charge in [-0.1, -0.05) is 0 Å². The zero-order valence-corrected chi connectivity index (χ0v) is 13.7. The largest absolute Gasteiger partial charge is 0.436 e. The zero-order chi connectivity index (χ0) is 13.8. The molecule has 18 heavy (non-hydrogen) atoms. The Balaban J connectivity index is 3.07. The van der Waals surface area contributed by atoms with Crippen LogP contribution >= 0.6 is 24.4 Å². The molecule has 0 aromatic rings. The lowest BCUT2D eigenvalue weighted by atomic mass is 10.2. The van der Waals surface area contributed by atoms with Crippen LogP contribution in [0, 0.1) is 0 Å². The molecule has 1 heterocycles. The van der Waals surface area contributed by atoms with E-state index in [1.807, 2.05) is 13.2 Å². The number of rotatable bonds is 6. The number of nitrogens with two attached hydrogens (primary N) is 1. The van der Waals surface area contributed by atoms with Crippen molar-refractivity contribution in [3.8, 4) is 0 Å². The van der Waals surface area contributed by atoms with Crippen LogP contribution < -0.4 is 5.73 Å². The minimum Gasteiger partial charge on any atom is -0.436 e. The van der Waals surface area contributed by atoms with E-state index in [0.29, 0.717) is 18.4 Å². The lowest BCUT2D eigenvalue weighted by Gasteiger charge is -2.47. The molecule has 0 saturated carbocycles. The Bertz CT molecular complexity index is 310. The van der Waals surface area contributed by atoms with Crippen molar-refractivity contribution in [3.05, 3.63) is 0 Å². The monoisotopic (exact) mass is 311 g/mol. The third-order valence-corrected chi connectivity index (χ3v) is 8.52. The van der Waals surface area contributed by atoms with Crippen molar-refractivity contribution in [1.29, 1.82) is 0 Å². The van der Waals surface area contributed by atoms with Gasteiger partial charge in [-0.15, -0.1) is 0 Å². The molecule has 1 rings (SSSR count). The van der Waals surface area contributed by atoms with Crippen molar-refractivity contribution in [1.82, 2.24) is 0 Å². The summed E-state index contributed by atoms with van der Waals surface area (Å²) in [6, 6.07) is 0. The summed E-state index contributed by atoms with van der Waals surface area (Å²) in [5.74, 6) is 0.323. The van der Waals surface area contributed by atoms with E-state index in [9.17, 15) is 4.79 Å². The van der Waals surface area contributed by atoms with Crippen molar-refractivity contribution in [2.75, 3.05) is 24.0 Å². The standard InChI is InChI=1S/C10H21NO4S2Si/c1-4-13-18(7-16)10(11,5-6-17-3)9(12)14-8(2)15-18/h8,16H,4-7,11H2,1-3H3. The van der Waals surface area contributed by atoms with Crippen LogP contribution in [-0.2, 0) is 18.4 Å². The molecule has 0 aromatic carbocycles. The van der Waals surface area contributed by atoms with E-state index in [1.54, 1.807) is 18.7 Å². The van der Waals surface area contributed by atoms with Gasteiger partial charge in [0.25, 0.3) is 0 Å². The average molecular weight is 312 g/mol. The number of esters is 1. The Labute approximate surface area is 119 Å². The number of ether oxygens (including phenoxy) is 1. The van der Waals surface area contributed by atoms with E-state index in [2.05, 4.69) is 12.6 Å². The van der Waals surface area contributed by atoms with Gasteiger partial charge in [0, 0.05) is 12.0 Å². The van der Waals surface area contributed by atoms with Crippen LogP contribution in [0.5, 0.6) is 0 Å². The minimum atomic E-state index is -2.92. The summed E-state index contributed by atoms with van der Waals surface area (Å²) >= 11 is 5.94. The summed E-state index contributed by atoms with van der Waals surface area (Å²) in [5.41, 5.74) is 6.30. The van der Waals surface area contributed by atoms with E-state index < -0.39 is 26.0 Å². The molecule has 106 valence electrons. The fraction of sp³-hybridized carbons (Fsp3) is 0.900. The van der Waals surface area contributed by atoms with Gasteiger partial charge in [-0.05, 0) is 32.3 Å². The molecule has 1 aliphatic rings. The number of hydrogen-bond acceptors (Lipinski definition) is 7. The molecular formula is C10H21NO4S2Si. The highest BCUT2D eigenvalue weighted by Gasteiger charge is 2.64. The lowest BCUT2D eigenvalue weighted by molar-refractivity contribution is -0.180. The lowest BCUT2D eigenvalue weighted by Crippen LogP contribution is -2.77. The Morgan fingerprint density at radius 2 is 2.33 bits per heavy atom. The molecule has 8 heteroatoms. The van der Waals surface area contributed by atoms with E-state index >= 15 is 0 Å². The number of carbonyl (C=O) groups is 1. The molecule has 1 fully saturated rings. The van der Waals surface area contributed by atoms with Crippen LogP contribution in [-0.4, -0.2) is 50.0 Å². The first-order chi connectivity index (χ1) is 8.45. The average Bonchev–Trinajstić information content (AvgIpc) is 2.33. The summed E-state index contributed by atoms with van der Waals surface area (Å²) < 4.78 is 16.7. The van der Waals surface area contributed by atoms with Crippen LogP contribution in [0.4, 0.5) is 0 Å². The van der Waals surface area contributed by atoms with Gasteiger partial charge in [-0.3, -0.25) is 4.79 Å². The summed E-state index contributed by atoms with van der Waals surface area (Å²) in [5, 5.41) is -0.842. The molecule has 0 aliphatic carbocycles. The maximum atomic E-state index is 12.2. The summed E-state index contributed by atoms with van der Waals surface area (Å²) in [6.45, 7) is 3.99. The molecule has 0 aromatic heterocycles. The molecule has 0 bridgehead atoms. The molecule has 1 saturated heterocycles. The van der Waals surface area contributed by atoms with Crippen molar-refractivity contribution in [2.45, 2.75) is 31.7 Å². The fourth-order valence-electron chi connectivity index (χ4n) is 1.98. The van der Waals surface area contributed by atoms with Crippen molar-refractivity contribution in [3.63, 3.8) is 0 Å². The van der Waals surface area contributed by atoms with Crippen LogP contribution in [0.3, 0.4) is 0 Å². The molecule has 0 spiro atoms. The highest BCUT2D eigenvalue weighted by atomic mass is 32.2. The second-order valence-corrected chi connectivity index (χ2v) is 9.32. The van der Waals surface area contributed by atoms with Crippen molar-refractivity contribution < 1.29 is 18.4 Å². The number of thiol groups is 1. The molecule has 3 unspecified atom stereocenters. The Morgan fingerprint density at radius 1 is 1.67 bits per heavy atom. The van der Waals surface area contributed by atoms with Crippen LogP contribution in [0.25, 0.3) is 0 Å². The number of hydrogen-bond donors (Lipinski definition) is 2. The highest BCUT2D eigenvalue weighted by molar-refractivity contribution is 7.98. The smallest absolute Gasteiger partial charge is 0.383 e. The molecular weight excluding hydrogens is 290 g/mol. The first-order valence-corrected chi connectivity index (χ1v) is 9.92. The molecule has 2 N–H and O–H groups in total. The quantitative estimate of drug-likeness (QED) is 0.430. The third-order valence-electron chi connectivity index (χ3n) is 2.96. The Kier molecular flexibility index (Phi) is 6.00. The first-order valence-electron chi connectivity index (χ1n) is 5.87. The number of cyclic esters (lactones) is 1. The summed E-state index contributed by atoms with van der Waals surface area (Å²) in [6.07, 6.45) is 1.83. The van der Waals surface area contributed by atoms with Gasteiger partial charge in [0.2, 0.25) is 0 Å². The predicted molar refractivity (Wildman–Crippen MR) is 77.8 cm³/mol. The first kappa shape index (κ1) is 16.3. The maximum Gasteiger partial charge on any atom is 0.383 e. The van der Waals surface area contributed by atoms with Gasteiger partial charge in [0.05, 0.1) is 0 Å². The zero-order valence-electron chi connectivity index (χ0n) is 11.0. The third kappa shape index (κ3) is 2.88. The summed E-state index contributed by atoms with van der Waals surface area (Å²) in [4.78, 5) is 12.2. The van der Waals surface area contributed by atoms with Crippen LogP contribution in [0.15, 0.2) is 0 Å². The fourth-order valence-corrected chi connectivity index (χ4v) is 6.95. The number of carbonyl (C=O) groups excluding carboxylic acids is 1. The van der Waals surface area contributed by atoms with E-state index in [1.165, 1.54) is 0 Å². The Morgan fingerprint density at radius 3 is 2.83 bits per heavy atom. The van der Waals surface area contributed by atoms with Gasteiger partial charge in [0.1, 0.15) is 0 Å². The van der Waals surface area contributed by atoms with E-state index in [-0.39, 0.29) is 0 Å². The molecule has 5 nitrogen and oxygen atoms in total. The van der Waals surface area contributed by atoms with Gasteiger partial charge in [0.15, 0.2) is 11.5 Å². The SMILES string of the molecule is CCO[Si]1(CS)OC(C)OC(=O)C1(N)CCSC. The maximum absolute atomic E-state index is 12.2. The van der Waals surface area contributed by atoms with Gasteiger partial charge in [-0.25, -0.2) is 0 Å². The highest BCUT2D eigenvalue weighted by Crippen LogP contribution is 2.33.